The van der Waals surface area contributed by atoms with Gasteiger partial charge in [0.1, 0.15) is 23.2 Å². The van der Waals surface area contributed by atoms with Crippen molar-refractivity contribution in [3.63, 3.8) is 0 Å². The number of fused-ring (bicyclic) bond motifs is 1. The van der Waals surface area contributed by atoms with E-state index < -0.39 is 0 Å². The van der Waals surface area contributed by atoms with Gasteiger partial charge in [-0.2, -0.15) is 0 Å². The topological polar surface area (TPSA) is 123 Å². The standard InChI is InChI=1S/C35H46N4O4S2/c1-4-13-24-16-18-25(19-17-24)44-32-30(42-22-11-9-20-40-5-2)28-29(35(38)39-34(28)37)31(43-23-12-10-21-41-6-3)33(32)45-27-15-8-7-14-26(27)36/h7-8,14-19H,4-6,9-13,20-23,36H2,1-3H3,(H3,37,38,39). The number of anilines is 1. The van der Waals surface area contributed by atoms with Gasteiger partial charge in [-0.15, -0.1) is 0 Å². The summed E-state index contributed by atoms with van der Waals surface area (Å²) in [5.74, 6) is 1.42. The first-order valence-electron chi connectivity index (χ1n) is 15.9. The fourth-order valence-corrected chi connectivity index (χ4v) is 7.10. The van der Waals surface area contributed by atoms with Crippen molar-refractivity contribution in [2.45, 2.75) is 78.9 Å². The van der Waals surface area contributed by atoms with Crippen LogP contribution in [-0.2, 0) is 15.9 Å². The van der Waals surface area contributed by atoms with Crippen molar-refractivity contribution in [1.82, 2.24) is 5.32 Å². The molecule has 45 heavy (non-hydrogen) atoms. The fraction of sp³-hybridized carbons (Fsp3) is 0.429. The van der Waals surface area contributed by atoms with E-state index in [-0.39, 0.29) is 11.7 Å². The van der Waals surface area contributed by atoms with E-state index in [1.807, 2.05) is 38.1 Å². The molecular formula is C35H46N4O4S2. The van der Waals surface area contributed by atoms with E-state index in [1.54, 1.807) is 11.8 Å². The van der Waals surface area contributed by atoms with Gasteiger partial charge in [0.2, 0.25) is 0 Å². The van der Waals surface area contributed by atoms with Crippen molar-refractivity contribution in [2.24, 2.45) is 0 Å². The number of ether oxygens (including phenoxy) is 4. The Balaban J connectivity index is 1.83. The molecule has 0 bridgehead atoms. The molecule has 1 aliphatic heterocycles. The molecule has 5 N–H and O–H groups in total. The average molecular weight is 651 g/mol. The highest BCUT2D eigenvalue weighted by atomic mass is 32.2. The molecule has 1 heterocycles. The van der Waals surface area contributed by atoms with E-state index in [0.717, 1.165) is 58.1 Å². The summed E-state index contributed by atoms with van der Waals surface area (Å²) >= 11 is 3.11. The molecule has 0 aromatic heterocycles. The van der Waals surface area contributed by atoms with Crippen molar-refractivity contribution < 1.29 is 18.9 Å². The number of para-hydroxylation sites is 1. The number of nitrogens with one attached hydrogen (secondary N) is 3. The predicted octanol–water partition coefficient (Wildman–Crippen LogP) is 8.17. The third-order valence-electron chi connectivity index (χ3n) is 7.15. The van der Waals surface area contributed by atoms with E-state index in [2.05, 4.69) is 36.5 Å². The lowest BCUT2D eigenvalue weighted by Gasteiger charge is -2.23. The number of nitrogens with two attached hydrogens (primary N) is 1. The van der Waals surface area contributed by atoms with Gasteiger partial charge in [-0.1, -0.05) is 61.1 Å². The van der Waals surface area contributed by atoms with E-state index in [1.165, 1.54) is 17.3 Å². The molecule has 4 rings (SSSR count). The number of rotatable bonds is 20. The van der Waals surface area contributed by atoms with Crippen LogP contribution >= 0.6 is 23.5 Å². The van der Waals surface area contributed by atoms with Crippen LogP contribution < -0.4 is 20.5 Å². The highest BCUT2D eigenvalue weighted by Gasteiger charge is 2.36. The Morgan fingerprint density at radius 1 is 0.689 bits per heavy atom. The van der Waals surface area contributed by atoms with Crippen molar-refractivity contribution in [1.29, 1.82) is 10.8 Å². The number of aryl methyl sites for hydroxylation is 1. The molecule has 3 aromatic carbocycles. The van der Waals surface area contributed by atoms with Gasteiger partial charge in [-0.3, -0.25) is 10.8 Å². The summed E-state index contributed by atoms with van der Waals surface area (Å²) in [6, 6.07) is 16.4. The number of hydrogen-bond donors (Lipinski definition) is 4. The highest BCUT2D eigenvalue weighted by Crippen LogP contribution is 2.54. The summed E-state index contributed by atoms with van der Waals surface area (Å²) in [5, 5.41) is 20.7. The number of nitrogen functional groups attached to an aromatic ring is 1. The maximum Gasteiger partial charge on any atom is 0.146 e. The average Bonchev–Trinajstić information content (AvgIpc) is 3.33. The van der Waals surface area contributed by atoms with Gasteiger partial charge in [0.05, 0.1) is 34.1 Å². The summed E-state index contributed by atoms with van der Waals surface area (Å²) < 4.78 is 24.2. The largest absolute Gasteiger partial charge is 0.492 e. The second-order valence-electron chi connectivity index (χ2n) is 10.6. The monoisotopic (exact) mass is 650 g/mol. The Morgan fingerprint density at radius 3 is 1.76 bits per heavy atom. The van der Waals surface area contributed by atoms with Crippen LogP contribution in [0.3, 0.4) is 0 Å². The second-order valence-corrected chi connectivity index (χ2v) is 12.7. The lowest BCUT2D eigenvalue weighted by atomic mass is 10.1. The quantitative estimate of drug-likeness (QED) is 0.0714. The summed E-state index contributed by atoms with van der Waals surface area (Å²) in [5.41, 5.74) is 9.52. The Labute approximate surface area is 276 Å². The molecule has 3 aromatic rings. The van der Waals surface area contributed by atoms with Crippen molar-refractivity contribution >= 4 is 40.9 Å². The molecule has 0 unspecified atom stereocenters. The first kappa shape index (κ1) is 34.7. The fourth-order valence-electron chi connectivity index (χ4n) is 4.91. The Bertz CT molecular complexity index is 1430. The van der Waals surface area contributed by atoms with E-state index >= 15 is 0 Å². The van der Waals surface area contributed by atoms with Crippen LogP contribution in [0.2, 0.25) is 0 Å². The van der Waals surface area contributed by atoms with Gasteiger partial charge in [0.15, 0.2) is 0 Å². The molecule has 0 spiro atoms. The van der Waals surface area contributed by atoms with E-state index in [4.69, 9.17) is 35.5 Å². The smallest absolute Gasteiger partial charge is 0.146 e. The van der Waals surface area contributed by atoms with Gasteiger partial charge < -0.3 is 30.0 Å². The molecule has 242 valence electrons. The first-order valence-corrected chi connectivity index (χ1v) is 17.5. The van der Waals surface area contributed by atoms with Crippen molar-refractivity contribution in [2.75, 3.05) is 45.4 Å². The van der Waals surface area contributed by atoms with Gasteiger partial charge in [-0.05, 0) is 75.8 Å². The highest BCUT2D eigenvalue weighted by molar-refractivity contribution is 8.02. The Hall–Kier alpha value is -3.18. The normalized spacial score (nSPS) is 12.3. The Morgan fingerprint density at radius 2 is 1.22 bits per heavy atom. The molecule has 0 fully saturated rings. The van der Waals surface area contributed by atoms with Crippen LogP contribution in [0.25, 0.3) is 0 Å². The second kappa shape index (κ2) is 18.1. The lowest BCUT2D eigenvalue weighted by Crippen LogP contribution is -2.20. The minimum Gasteiger partial charge on any atom is -0.492 e. The zero-order valence-electron chi connectivity index (χ0n) is 26.6. The zero-order valence-corrected chi connectivity index (χ0v) is 28.3. The van der Waals surface area contributed by atoms with Crippen LogP contribution in [0, 0.1) is 10.8 Å². The summed E-state index contributed by atoms with van der Waals surface area (Å²) in [6.45, 7) is 9.80. The molecule has 8 nitrogen and oxygen atoms in total. The van der Waals surface area contributed by atoms with Gasteiger partial charge in [-0.25, -0.2) is 0 Å². The molecular weight excluding hydrogens is 605 g/mol. The third kappa shape index (κ3) is 9.42. The minimum atomic E-state index is 0.129. The van der Waals surface area contributed by atoms with E-state index in [9.17, 15) is 0 Å². The molecule has 0 atom stereocenters. The number of unbranched alkanes of at least 4 members (excludes halogenated alkanes) is 2. The van der Waals surface area contributed by atoms with Gasteiger partial charge in [0, 0.05) is 41.9 Å². The summed E-state index contributed by atoms with van der Waals surface area (Å²) in [7, 11) is 0. The van der Waals surface area contributed by atoms with Gasteiger partial charge in [0.25, 0.3) is 0 Å². The maximum absolute atomic E-state index is 8.88. The van der Waals surface area contributed by atoms with Crippen LogP contribution in [0.1, 0.15) is 69.6 Å². The SMILES string of the molecule is CCCc1ccc(Sc2c(OCCCCOCC)c3c(c(OCCCCOCC)c2Sc2ccccc2N)C(=N)NC3=N)cc1. The molecule has 0 aliphatic carbocycles. The zero-order chi connectivity index (χ0) is 32.0. The van der Waals surface area contributed by atoms with Crippen LogP contribution in [-0.4, -0.2) is 51.3 Å². The molecule has 0 amide bonds. The molecule has 0 saturated carbocycles. The van der Waals surface area contributed by atoms with Crippen molar-refractivity contribution in [3.05, 3.63) is 65.2 Å². The first-order chi connectivity index (χ1) is 22.0. The minimum absolute atomic E-state index is 0.129. The molecule has 10 heteroatoms. The van der Waals surface area contributed by atoms with Crippen molar-refractivity contribution in [3.8, 4) is 11.5 Å². The molecule has 0 saturated heterocycles. The van der Waals surface area contributed by atoms with Gasteiger partial charge >= 0.3 is 0 Å². The number of benzene rings is 3. The lowest BCUT2D eigenvalue weighted by molar-refractivity contribution is 0.138. The molecule has 1 aliphatic rings. The van der Waals surface area contributed by atoms with E-state index in [0.29, 0.717) is 68.0 Å². The predicted molar refractivity (Wildman–Crippen MR) is 185 cm³/mol. The Kier molecular flexibility index (Phi) is 13.9. The van der Waals surface area contributed by atoms with Crippen LogP contribution in [0.5, 0.6) is 11.5 Å². The number of amidine groups is 2. The summed E-state index contributed by atoms with van der Waals surface area (Å²) in [6.07, 6.45) is 5.45. The summed E-state index contributed by atoms with van der Waals surface area (Å²) in [4.78, 5) is 3.61. The maximum atomic E-state index is 8.88. The van der Waals surface area contributed by atoms with Crippen LogP contribution in [0.15, 0.2) is 68.1 Å². The number of hydrogen-bond acceptors (Lipinski definition) is 9. The third-order valence-corrected chi connectivity index (χ3v) is 9.57. The molecule has 0 radical (unpaired) electrons. The van der Waals surface area contributed by atoms with Crippen LogP contribution in [0.4, 0.5) is 5.69 Å².